The van der Waals surface area contributed by atoms with Crippen molar-refractivity contribution in [2.45, 2.75) is 38.1 Å². The molecular weight excluding hydrogens is 460 g/mol. The van der Waals surface area contributed by atoms with Crippen LogP contribution in [0, 0.1) is 11.7 Å². The summed E-state index contributed by atoms with van der Waals surface area (Å²) in [6.45, 7) is 3.67. The molecule has 0 aromatic heterocycles. The van der Waals surface area contributed by atoms with Gasteiger partial charge in [0.2, 0.25) is 0 Å². The zero-order valence-corrected chi connectivity index (χ0v) is 19.3. The van der Waals surface area contributed by atoms with Gasteiger partial charge in [0, 0.05) is 16.9 Å². The van der Waals surface area contributed by atoms with E-state index in [0.717, 1.165) is 29.4 Å². The third-order valence-corrected chi connectivity index (χ3v) is 6.08. The van der Waals surface area contributed by atoms with E-state index in [-0.39, 0.29) is 11.6 Å². The number of allylic oxidation sites excluding steroid dienone is 1. The van der Waals surface area contributed by atoms with Gasteiger partial charge in [-0.25, -0.2) is 4.39 Å². The number of benzene rings is 3. The highest BCUT2D eigenvalue weighted by molar-refractivity contribution is 5.84. The van der Waals surface area contributed by atoms with Crippen LogP contribution in [0.15, 0.2) is 67.3 Å². The van der Waals surface area contributed by atoms with E-state index in [1.807, 2.05) is 24.3 Å². The van der Waals surface area contributed by atoms with Crippen LogP contribution >= 0.6 is 0 Å². The van der Waals surface area contributed by atoms with Crippen LogP contribution in [-0.4, -0.2) is 26.0 Å². The molecule has 1 fully saturated rings. The molecule has 3 aromatic carbocycles. The highest BCUT2D eigenvalue weighted by Gasteiger charge is 2.28. The van der Waals surface area contributed by atoms with Gasteiger partial charge in [0.25, 0.3) is 0 Å². The summed E-state index contributed by atoms with van der Waals surface area (Å²) < 4.78 is 68.5. The molecule has 7 heteroatoms. The molecule has 3 aromatic rings. The Morgan fingerprint density at radius 1 is 0.971 bits per heavy atom. The number of alkyl halides is 3. The van der Waals surface area contributed by atoms with Crippen molar-refractivity contribution in [1.82, 2.24) is 0 Å². The smallest absolute Gasteiger partial charge is 0.422 e. The maximum atomic E-state index is 15.2. The monoisotopic (exact) mass is 488 g/mol. The van der Waals surface area contributed by atoms with Crippen LogP contribution in [0.1, 0.15) is 35.8 Å². The molecule has 0 atom stereocenters. The van der Waals surface area contributed by atoms with Crippen molar-refractivity contribution in [1.29, 1.82) is 0 Å². The SMILES string of the molecule is C=CCCC1COC(c2ccc3c(F)c(CCc4ccc(OCC(F)(F)F)cc4)ccc3c2)OC1. The molecule has 3 nitrogen and oxygen atoms in total. The fourth-order valence-corrected chi connectivity index (χ4v) is 4.15. The van der Waals surface area contributed by atoms with E-state index in [4.69, 9.17) is 14.2 Å². The molecule has 0 unspecified atom stereocenters. The zero-order valence-electron chi connectivity index (χ0n) is 19.3. The predicted molar refractivity (Wildman–Crippen MR) is 127 cm³/mol. The van der Waals surface area contributed by atoms with E-state index in [1.54, 1.807) is 24.3 Å². The van der Waals surface area contributed by atoms with Crippen LogP contribution in [0.4, 0.5) is 17.6 Å². The highest BCUT2D eigenvalue weighted by atomic mass is 19.4. The molecule has 0 spiro atoms. The minimum atomic E-state index is -4.38. The Balaban J connectivity index is 1.37. The molecule has 4 rings (SSSR count). The third-order valence-electron chi connectivity index (χ3n) is 6.08. The van der Waals surface area contributed by atoms with Gasteiger partial charge in [-0.2, -0.15) is 13.2 Å². The Morgan fingerprint density at radius 2 is 1.71 bits per heavy atom. The van der Waals surface area contributed by atoms with Crippen molar-refractivity contribution in [3.8, 4) is 5.75 Å². The van der Waals surface area contributed by atoms with E-state index in [1.165, 1.54) is 12.1 Å². The van der Waals surface area contributed by atoms with Crippen molar-refractivity contribution < 1.29 is 31.8 Å². The summed E-state index contributed by atoms with van der Waals surface area (Å²) in [5, 5.41) is 1.30. The average Bonchev–Trinajstić information content (AvgIpc) is 2.86. The summed E-state index contributed by atoms with van der Waals surface area (Å²) in [5.74, 6) is 0.236. The first-order chi connectivity index (χ1) is 16.8. The van der Waals surface area contributed by atoms with E-state index in [0.29, 0.717) is 42.9 Å². The molecule has 186 valence electrons. The van der Waals surface area contributed by atoms with Gasteiger partial charge in [0.05, 0.1) is 13.2 Å². The van der Waals surface area contributed by atoms with E-state index >= 15 is 4.39 Å². The predicted octanol–water partition coefficient (Wildman–Crippen LogP) is 7.33. The second-order valence-corrected chi connectivity index (χ2v) is 8.80. The topological polar surface area (TPSA) is 27.7 Å². The summed E-state index contributed by atoms with van der Waals surface area (Å²) in [4.78, 5) is 0. The molecular formula is C28H28F4O3. The summed E-state index contributed by atoms with van der Waals surface area (Å²) in [7, 11) is 0. The van der Waals surface area contributed by atoms with Crippen molar-refractivity contribution in [2.24, 2.45) is 5.92 Å². The van der Waals surface area contributed by atoms with Gasteiger partial charge < -0.3 is 14.2 Å². The molecule has 1 aliphatic rings. The van der Waals surface area contributed by atoms with Gasteiger partial charge in [-0.15, -0.1) is 6.58 Å². The van der Waals surface area contributed by atoms with E-state index in [9.17, 15) is 13.2 Å². The van der Waals surface area contributed by atoms with Crippen LogP contribution in [0.5, 0.6) is 5.75 Å². The first-order valence-corrected chi connectivity index (χ1v) is 11.7. The summed E-state index contributed by atoms with van der Waals surface area (Å²) in [5.41, 5.74) is 2.33. The van der Waals surface area contributed by atoms with E-state index in [2.05, 4.69) is 6.58 Å². The first kappa shape index (κ1) is 25.2. The van der Waals surface area contributed by atoms with Crippen LogP contribution in [0.25, 0.3) is 10.8 Å². The molecule has 0 radical (unpaired) electrons. The van der Waals surface area contributed by atoms with Crippen LogP contribution in [0.3, 0.4) is 0 Å². The van der Waals surface area contributed by atoms with E-state index < -0.39 is 19.1 Å². The van der Waals surface area contributed by atoms with Gasteiger partial charge in [-0.05, 0) is 60.4 Å². The fourth-order valence-electron chi connectivity index (χ4n) is 4.15. The maximum Gasteiger partial charge on any atom is 0.422 e. The Bertz CT molecular complexity index is 1130. The van der Waals surface area contributed by atoms with Crippen molar-refractivity contribution in [3.05, 3.63) is 89.8 Å². The van der Waals surface area contributed by atoms with Crippen LogP contribution in [-0.2, 0) is 22.3 Å². The third kappa shape index (κ3) is 6.83. The first-order valence-electron chi connectivity index (χ1n) is 11.7. The van der Waals surface area contributed by atoms with Gasteiger partial charge >= 0.3 is 6.18 Å². The summed E-state index contributed by atoms with van der Waals surface area (Å²) >= 11 is 0. The molecule has 0 amide bonds. The quantitative estimate of drug-likeness (QED) is 0.233. The second kappa shape index (κ2) is 11.2. The normalized spacial score (nSPS) is 18.5. The second-order valence-electron chi connectivity index (χ2n) is 8.80. The Morgan fingerprint density at radius 3 is 2.40 bits per heavy atom. The maximum absolute atomic E-state index is 15.2. The number of aryl methyl sites for hydroxylation is 2. The van der Waals surface area contributed by atoms with Crippen molar-refractivity contribution in [2.75, 3.05) is 19.8 Å². The molecule has 0 aliphatic carbocycles. The Labute approximate surface area is 202 Å². The minimum absolute atomic E-state index is 0.150. The summed E-state index contributed by atoms with van der Waals surface area (Å²) in [6, 6.07) is 15.5. The zero-order chi connectivity index (χ0) is 24.8. The number of halogens is 4. The van der Waals surface area contributed by atoms with Gasteiger partial charge in [0.15, 0.2) is 12.9 Å². The molecule has 1 heterocycles. The Hall–Kier alpha value is -2.90. The molecule has 0 N–H and O–H groups in total. The van der Waals surface area contributed by atoms with Crippen LogP contribution < -0.4 is 4.74 Å². The molecule has 1 saturated heterocycles. The number of fused-ring (bicyclic) bond motifs is 1. The average molecular weight is 489 g/mol. The van der Waals surface area contributed by atoms with Crippen LogP contribution in [0.2, 0.25) is 0 Å². The number of rotatable bonds is 9. The molecule has 1 aliphatic heterocycles. The number of hydrogen-bond acceptors (Lipinski definition) is 3. The lowest BCUT2D eigenvalue weighted by atomic mass is 9.98. The largest absolute Gasteiger partial charge is 0.484 e. The summed E-state index contributed by atoms with van der Waals surface area (Å²) in [6.07, 6.45) is -0.00233. The van der Waals surface area contributed by atoms with Gasteiger partial charge in [0.1, 0.15) is 11.6 Å². The van der Waals surface area contributed by atoms with Crippen molar-refractivity contribution in [3.63, 3.8) is 0 Å². The van der Waals surface area contributed by atoms with Crippen molar-refractivity contribution >= 4 is 10.8 Å². The van der Waals surface area contributed by atoms with Gasteiger partial charge in [-0.3, -0.25) is 0 Å². The highest BCUT2D eigenvalue weighted by Crippen LogP contribution is 2.31. The standard InChI is InChI=1S/C28H28F4O3/c1-2-3-4-20-16-33-27(34-17-20)23-11-14-25-22(15-23)10-9-21(26(25)29)8-5-19-6-12-24(13-7-19)35-18-28(30,31)32/h2,6-7,9-15,20,27H,1,3-5,8,16-18H2. The molecule has 0 saturated carbocycles. The molecule has 35 heavy (non-hydrogen) atoms. The number of hydrogen-bond donors (Lipinski definition) is 0. The fraction of sp³-hybridized carbons (Fsp3) is 0.357. The van der Waals surface area contributed by atoms with Gasteiger partial charge in [-0.1, -0.05) is 42.5 Å². The lowest BCUT2D eigenvalue weighted by Crippen LogP contribution is -2.27. The Kier molecular flexibility index (Phi) is 8.08. The minimum Gasteiger partial charge on any atom is -0.484 e. The lowest BCUT2D eigenvalue weighted by Gasteiger charge is -2.29. The number of ether oxygens (including phenoxy) is 3. The lowest BCUT2D eigenvalue weighted by molar-refractivity contribution is -0.205. The molecule has 0 bridgehead atoms.